The first-order valence-electron chi connectivity index (χ1n) is 9.93. The van der Waals surface area contributed by atoms with Crippen molar-refractivity contribution in [1.82, 2.24) is 15.1 Å². The van der Waals surface area contributed by atoms with Crippen molar-refractivity contribution in [2.75, 3.05) is 6.61 Å². The van der Waals surface area contributed by atoms with E-state index in [2.05, 4.69) is 29.5 Å². The van der Waals surface area contributed by atoms with E-state index in [0.717, 1.165) is 25.0 Å². The number of rotatable bonds is 11. The van der Waals surface area contributed by atoms with Crippen molar-refractivity contribution >= 4 is 5.91 Å². The number of carbonyl (C=O) groups excluding carboxylic acids is 1. The lowest BCUT2D eigenvalue weighted by Crippen LogP contribution is -2.25. The third-order valence-electron chi connectivity index (χ3n) is 4.44. The van der Waals surface area contributed by atoms with E-state index in [0.29, 0.717) is 17.9 Å². The Morgan fingerprint density at radius 3 is 2.79 bits per heavy atom. The van der Waals surface area contributed by atoms with Crippen molar-refractivity contribution in [1.29, 1.82) is 0 Å². The highest BCUT2D eigenvalue weighted by Crippen LogP contribution is 2.21. The zero-order valence-corrected chi connectivity index (χ0v) is 17.0. The molecule has 1 amide bonds. The van der Waals surface area contributed by atoms with Gasteiger partial charge in [0.15, 0.2) is 11.6 Å². The van der Waals surface area contributed by atoms with Crippen molar-refractivity contribution in [2.24, 2.45) is 7.05 Å². The maximum Gasteiger partial charge on any atom is 0.269 e. The summed E-state index contributed by atoms with van der Waals surface area (Å²) in [4.78, 5) is 12.4. The van der Waals surface area contributed by atoms with E-state index in [9.17, 15) is 9.18 Å². The van der Waals surface area contributed by atoms with Gasteiger partial charge in [-0.05, 0) is 31.4 Å². The zero-order valence-electron chi connectivity index (χ0n) is 17.0. The van der Waals surface area contributed by atoms with Gasteiger partial charge in [-0.15, -0.1) is 0 Å². The van der Waals surface area contributed by atoms with E-state index in [4.69, 9.17) is 4.74 Å². The van der Waals surface area contributed by atoms with Crippen LogP contribution in [0.2, 0.25) is 0 Å². The Kier molecular flexibility index (Phi) is 8.72. The molecule has 1 aromatic carbocycles. The molecule has 2 aromatic rings. The molecule has 0 spiro atoms. The first kappa shape index (κ1) is 21.7. The van der Waals surface area contributed by atoms with E-state index < -0.39 is 5.82 Å². The number of amides is 1. The van der Waals surface area contributed by atoms with Crippen molar-refractivity contribution in [2.45, 2.75) is 52.5 Å². The fraction of sp³-hybridized carbons (Fsp3) is 0.455. The molecule has 0 aliphatic rings. The molecular weight excluding hydrogens is 357 g/mol. The number of nitrogens with one attached hydrogen (secondary N) is 1. The van der Waals surface area contributed by atoms with Crippen LogP contribution >= 0.6 is 0 Å². The molecule has 0 unspecified atom stereocenters. The number of aryl methyl sites for hydroxylation is 2. The lowest BCUT2D eigenvalue weighted by atomic mass is 10.2. The average molecular weight is 387 g/mol. The Labute approximate surface area is 166 Å². The van der Waals surface area contributed by atoms with Crippen LogP contribution in [0.15, 0.2) is 36.4 Å². The molecule has 28 heavy (non-hydrogen) atoms. The highest BCUT2D eigenvalue weighted by atomic mass is 19.1. The number of hydrogen-bond donors (Lipinski definition) is 1. The van der Waals surface area contributed by atoms with Crippen LogP contribution in [0.3, 0.4) is 0 Å². The fourth-order valence-corrected chi connectivity index (χ4v) is 2.78. The van der Waals surface area contributed by atoms with E-state index in [1.54, 1.807) is 31.3 Å². The monoisotopic (exact) mass is 387 g/mol. The molecule has 1 heterocycles. The van der Waals surface area contributed by atoms with Crippen molar-refractivity contribution < 1.29 is 13.9 Å². The lowest BCUT2D eigenvalue weighted by Gasteiger charge is -2.10. The standard InChI is InChI=1S/C22H30FN3O2/c1-4-6-7-8-9-10-14-28-20-13-11-12-17(21(20)23)16-24-22(27)19-15-18(5-2)25-26(19)3/h8-9,11-13,15H,4-7,10,14,16H2,1-3H3,(H,24,27). The molecule has 5 nitrogen and oxygen atoms in total. The average Bonchev–Trinajstić information content (AvgIpc) is 3.08. The number of allylic oxidation sites excluding steroid dienone is 1. The second kappa shape index (κ2) is 11.3. The SMILES string of the molecule is CCCCC=CCCOc1cccc(CNC(=O)c2cc(CC)nn2C)c1F. The quantitative estimate of drug-likeness (QED) is 0.454. The number of aromatic nitrogens is 2. The summed E-state index contributed by atoms with van der Waals surface area (Å²) in [5, 5.41) is 7.01. The van der Waals surface area contributed by atoms with Gasteiger partial charge in [-0.25, -0.2) is 4.39 Å². The summed E-state index contributed by atoms with van der Waals surface area (Å²) in [6, 6.07) is 6.74. The molecule has 0 saturated carbocycles. The third kappa shape index (κ3) is 6.22. The van der Waals surface area contributed by atoms with Gasteiger partial charge in [-0.2, -0.15) is 5.10 Å². The molecule has 0 bridgehead atoms. The molecule has 0 aliphatic carbocycles. The van der Waals surface area contributed by atoms with Crippen LogP contribution in [-0.2, 0) is 20.0 Å². The minimum Gasteiger partial charge on any atom is -0.490 e. The number of unbranched alkanes of at least 4 members (excludes halogenated alkanes) is 2. The van der Waals surface area contributed by atoms with Crippen LogP contribution in [0, 0.1) is 5.82 Å². The third-order valence-corrected chi connectivity index (χ3v) is 4.44. The van der Waals surface area contributed by atoms with Gasteiger partial charge in [0.05, 0.1) is 12.3 Å². The van der Waals surface area contributed by atoms with Gasteiger partial charge in [-0.3, -0.25) is 9.48 Å². The summed E-state index contributed by atoms with van der Waals surface area (Å²) in [6.45, 7) is 4.65. The predicted octanol–water partition coefficient (Wildman–Crippen LogP) is 4.57. The second-order valence-electron chi connectivity index (χ2n) is 6.66. The number of carbonyl (C=O) groups is 1. The highest BCUT2D eigenvalue weighted by molar-refractivity contribution is 5.92. The van der Waals surface area contributed by atoms with Gasteiger partial charge in [0.2, 0.25) is 0 Å². The Morgan fingerprint density at radius 2 is 2.07 bits per heavy atom. The van der Waals surface area contributed by atoms with Crippen LogP contribution in [0.1, 0.15) is 61.3 Å². The molecule has 6 heteroatoms. The highest BCUT2D eigenvalue weighted by Gasteiger charge is 2.14. The summed E-state index contributed by atoms with van der Waals surface area (Å²) in [6.07, 6.45) is 9.12. The fourth-order valence-electron chi connectivity index (χ4n) is 2.78. The number of benzene rings is 1. The van der Waals surface area contributed by atoms with Gasteiger partial charge in [-0.1, -0.05) is 51.0 Å². The molecule has 1 aromatic heterocycles. The predicted molar refractivity (Wildman–Crippen MR) is 109 cm³/mol. The van der Waals surface area contributed by atoms with Crippen LogP contribution in [0.5, 0.6) is 5.75 Å². The molecular formula is C22H30FN3O2. The van der Waals surface area contributed by atoms with Gasteiger partial charge < -0.3 is 10.1 Å². The minimum absolute atomic E-state index is 0.0887. The topological polar surface area (TPSA) is 56.1 Å². The van der Waals surface area contributed by atoms with Gasteiger partial charge in [0, 0.05) is 19.2 Å². The molecule has 0 radical (unpaired) electrons. The molecule has 1 N–H and O–H groups in total. The summed E-state index contributed by atoms with van der Waals surface area (Å²) >= 11 is 0. The number of halogens is 1. The smallest absolute Gasteiger partial charge is 0.269 e. The lowest BCUT2D eigenvalue weighted by molar-refractivity contribution is 0.0941. The zero-order chi connectivity index (χ0) is 20.4. The Balaban J connectivity index is 1.88. The second-order valence-corrected chi connectivity index (χ2v) is 6.66. The van der Waals surface area contributed by atoms with Gasteiger partial charge in [0.1, 0.15) is 5.69 Å². The van der Waals surface area contributed by atoms with E-state index in [-0.39, 0.29) is 18.2 Å². The largest absolute Gasteiger partial charge is 0.490 e. The molecule has 0 aliphatic heterocycles. The summed E-state index contributed by atoms with van der Waals surface area (Å²) in [5.74, 6) is -0.503. The molecule has 0 atom stereocenters. The molecule has 0 saturated heterocycles. The van der Waals surface area contributed by atoms with Gasteiger partial charge >= 0.3 is 0 Å². The molecule has 2 rings (SSSR count). The van der Waals surface area contributed by atoms with Crippen LogP contribution < -0.4 is 10.1 Å². The summed E-state index contributed by atoms with van der Waals surface area (Å²) in [5.41, 5.74) is 1.69. The van der Waals surface area contributed by atoms with Crippen molar-refractivity contribution in [3.63, 3.8) is 0 Å². The molecule has 0 fully saturated rings. The minimum atomic E-state index is -0.433. The maximum absolute atomic E-state index is 14.6. The van der Waals surface area contributed by atoms with Gasteiger partial charge in [0.25, 0.3) is 5.91 Å². The Hall–Kier alpha value is -2.63. The molecule has 152 valence electrons. The van der Waals surface area contributed by atoms with Crippen LogP contribution in [0.4, 0.5) is 4.39 Å². The summed E-state index contributed by atoms with van der Waals surface area (Å²) < 4.78 is 21.7. The van der Waals surface area contributed by atoms with E-state index >= 15 is 0 Å². The normalized spacial score (nSPS) is 11.1. The first-order valence-corrected chi connectivity index (χ1v) is 9.93. The number of ether oxygens (including phenoxy) is 1. The Bertz CT molecular complexity index is 799. The number of nitrogens with zero attached hydrogens (tertiary/aromatic N) is 2. The van der Waals surface area contributed by atoms with E-state index in [1.807, 2.05) is 6.92 Å². The van der Waals surface area contributed by atoms with Crippen molar-refractivity contribution in [3.8, 4) is 5.75 Å². The van der Waals surface area contributed by atoms with Crippen LogP contribution in [-0.4, -0.2) is 22.3 Å². The van der Waals surface area contributed by atoms with Crippen molar-refractivity contribution in [3.05, 3.63) is 59.2 Å². The maximum atomic E-state index is 14.6. The Morgan fingerprint density at radius 1 is 1.29 bits per heavy atom. The van der Waals surface area contributed by atoms with Crippen LogP contribution in [0.25, 0.3) is 0 Å². The van der Waals surface area contributed by atoms with E-state index in [1.165, 1.54) is 17.5 Å². The number of hydrogen-bond acceptors (Lipinski definition) is 3. The first-order chi connectivity index (χ1) is 13.6. The summed E-state index contributed by atoms with van der Waals surface area (Å²) in [7, 11) is 1.72.